The van der Waals surface area contributed by atoms with Crippen LogP contribution in [0.3, 0.4) is 0 Å². The number of aromatic nitrogens is 3. The molecule has 0 amide bonds. The molecule has 0 aliphatic heterocycles. The Morgan fingerprint density at radius 2 is 2.07 bits per heavy atom. The van der Waals surface area contributed by atoms with Crippen LogP contribution in [0.5, 0.6) is 5.75 Å². The van der Waals surface area contributed by atoms with Crippen molar-refractivity contribution in [3.05, 3.63) is 30.9 Å². The fourth-order valence-electron chi connectivity index (χ4n) is 2.32. The SMILES string of the molecule is C=C(CCF)n1cc(-c2cnc(N)c(OC(F)(F)F)c2)nc1[C@H](O)C(C)C. The Hall–Kier alpha value is -2.62. The number of halogens is 4. The largest absolute Gasteiger partial charge is 0.573 e. The summed E-state index contributed by atoms with van der Waals surface area (Å²) in [4.78, 5) is 7.98. The molecule has 6 nitrogen and oxygen atoms in total. The highest BCUT2D eigenvalue weighted by atomic mass is 19.4. The second kappa shape index (κ2) is 7.95. The zero-order chi connectivity index (χ0) is 20.4. The van der Waals surface area contributed by atoms with Gasteiger partial charge in [0, 0.05) is 30.1 Å². The molecule has 3 N–H and O–H groups in total. The maximum absolute atomic E-state index is 12.7. The van der Waals surface area contributed by atoms with Crippen molar-refractivity contribution in [2.75, 3.05) is 12.4 Å². The molecule has 0 fully saturated rings. The molecule has 0 radical (unpaired) electrons. The molecule has 0 spiro atoms. The smallest absolute Gasteiger partial charge is 0.402 e. The molecular formula is C17H20F4N4O2. The molecule has 2 aromatic heterocycles. The van der Waals surface area contributed by atoms with Gasteiger partial charge in [0.1, 0.15) is 11.9 Å². The third-order valence-electron chi connectivity index (χ3n) is 3.76. The fraction of sp³-hybridized carbons (Fsp3) is 0.412. The summed E-state index contributed by atoms with van der Waals surface area (Å²) in [6, 6.07) is 1.05. The van der Waals surface area contributed by atoms with Crippen molar-refractivity contribution in [2.24, 2.45) is 5.92 Å². The molecule has 2 rings (SSSR count). The minimum absolute atomic E-state index is 0.00996. The highest BCUT2D eigenvalue weighted by molar-refractivity contribution is 5.65. The van der Waals surface area contributed by atoms with E-state index in [0.717, 1.165) is 6.07 Å². The first-order valence-corrected chi connectivity index (χ1v) is 8.06. The number of ether oxygens (including phenoxy) is 1. The molecule has 2 aromatic rings. The third-order valence-corrected chi connectivity index (χ3v) is 3.76. The maximum atomic E-state index is 12.7. The van der Waals surface area contributed by atoms with Crippen LogP contribution in [0.2, 0.25) is 0 Å². The van der Waals surface area contributed by atoms with E-state index in [1.54, 1.807) is 13.8 Å². The third kappa shape index (κ3) is 4.97. The van der Waals surface area contributed by atoms with Crippen LogP contribution in [0.1, 0.15) is 32.2 Å². The van der Waals surface area contributed by atoms with E-state index in [1.165, 1.54) is 17.0 Å². The normalized spacial score (nSPS) is 13.0. The number of allylic oxidation sites excluding steroid dienone is 1. The number of hydrogen-bond acceptors (Lipinski definition) is 5. The van der Waals surface area contributed by atoms with Crippen LogP contribution in [-0.2, 0) is 0 Å². The van der Waals surface area contributed by atoms with Crippen LogP contribution >= 0.6 is 0 Å². The topological polar surface area (TPSA) is 86.2 Å². The van der Waals surface area contributed by atoms with Gasteiger partial charge in [-0.1, -0.05) is 20.4 Å². The quantitative estimate of drug-likeness (QED) is 0.702. The number of anilines is 1. The molecule has 2 heterocycles. The lowest BCUT2D eigenvalue weighted by molar-refractivity contribution is -0.274. The molecule has 0 aliphatic rings. The molecule has 0 saturated carbocycles. The maximum Gasteiger partial charge on any atom is 0.573 e. The van der Waals surface area contributed by atoms with Crippen molar-refractivity contribution in [1.29, 1.82) is 0 Å². The first kappa shape index (κ1) is 20.7. The van der Waals surface area contributed by atoms with Crippen LogP contribution in [0.25, 0.3) is 17.0 Å². The minimum atomic E-state index is -4.93. The van der Waals surface area contributed by atoms with Crippen molar-refractivity contribution >= 4 is 11.5 Å². The van der Waals surface area contributed by atoms with Gasteiger partial charge in [-0.15, -0.1) is 13.2 Å². The van der Waals surface area contributed by atoms with E-state index in [9.17, 15) is 22.7 Å². The van der Waals surface area contributed by atoms with Gasteiger partial charge in [-0.2, -0.15) is 0 Å². The number of rotatable bonds is 7. The number of nitrogen functional groups attached to an aromatic ring is 1. The van der Waals surface area contributed by atoms with Crippen molar-refractivity contribution in [3.8, 4) is 17.0 Å². The molecule has 0 saturated heterocycles. The first-order valence-electron chi connectivity index (χ1n) is 8.06. The zero-order valence-electron chi connectivity index (χ0n) is 14.8. The van der Waals surface area contributed by atoms with Crippen molar-refractivity contribution in [3.63, 3.8) is 0 Å². The Morgan fingerprint density at radius 1 is 1.41 bits per heavy atom. The summed E-state index contributed by atoms with van der Waals surface area (Å²) in [7, 11) is 0. The van der Waals surface area contributed by atoms with Crippen LogP contribution in [0.15, 0.2) is 25.0 Å². The summed E-state index contributed by atoms with van der Waals surface area (Å²) < 4.78 is 55.5. The number of alkyl halides is 4. The summed E-state index contributed by atoms with van der Waals surface area (Å²) >= 11 is 0. The van der Waals surface area contributed by atoms with E-state index >= 15 is 0 Å². The van der Waals surface area contributed by atoms with Gasteiger partial charge >= 0.3 is 6.36 Å². The van der Waals surface area contributed by atoms with Crippen LogP contribution < -0.4 is 10.5 Å². The molecule has 148 valence electrons. The lowest BCUT2D eigenvalue weighted by Gasteiger charge is -2.16. The van der Waals surface area contributed by atoms with Crippen LogP contribution in [0.4, 0.5) is 23.4 Å². The van der Waals surface area contributed by atoms with Gasteiger partial charge in [0.25, 0.3) is 0 Å². The van der Waals surface area contributed by atoms with Gasteiger partial charge in [-0.25, -0.2) is 9.97 Å². The zero-order valence-corrected chi connectivity index (χ0v) is 14.8. The second-order valence-corrected chi connectivity index (χ2v) is 6.20. The second-order valence-electron chi connectivity index (χ2n) is 6.20. The molecule has 10 heteroatoms. The summed E-state index contributed by atoms with van der Waals surface area (Å²) in [6.45, 7) is 6.64. The van der Waals surface area contributed by atoms with Gasteiger partial charge in [0.05, 0.1) is 12.4 Å². The van der Waals surface area contributed by atoms with E-state index in [4.69, 9.17) is 5.73 Å². The van der Waals surface area contributed by atoms with E-state index in [1.807, 2.05) is 0 Å². The van der Waals surface area contributed by atoms with Crippen LogP contribution in [0, 0.1) is 5.92 Å². The number of aliphatic hydroxyl groups is 1. The van der Waals surface area contributed by atoms with Crippen molar-refractivity contribution in [1.82, 2.24) is 14.5 Å². The number of imidazole rings is 1. The number of pyridine rings is 1. The van der Waals surface area contributed by atoms with E-state index < -0.39 is 30.7 Å². The van der Waals surface area contributed by atoms with Gasteiger partial charge in [-0.3, -0.25) is 4.39 Å². The van der Waals surface area contributed by atoms with Gasteiger partial charge in [0.15, 0.2) is 11.6 Å². The predicted molar refractivity (Wildman–Crippen MR) is 92.3 cm³/mol. The summed E-state index contributed by atoms with van der Waals surface area (Å²) in [5, 5.41) is 10.4. The predicted octanol–water partition coefficient (Wildman–Crippen LogP) is 3.95. The number of aliphatic hydroxyl groups excluding tert-OH is 1. The average Bonchev–Trinajstić information content (AvgIpc) is 3.00. The Bertz CT molecular complexity index is 818. The van der Waals surface area contributed by atoms with Gasteiger partial charge < -0.3 is 20.1 Å². The van der Waals surface area contributed by atoms with Crippen LogP contribution in [-0.4, -0.2) is 32.7 Å². The van der Waals surface area contributed by atoms with Crippen molar-refractivity contribution in [2.45, 2.75) is 32.7 Å². The monoisotopic (exact) mass is 388 g/mol. The molecule has 0 aromatic carbocycles. The average molecular weight is 388 g/mol. The fourth-order valence-corrected chi connectivity index (χ4v) is 2.32. The van der Waals surface area contributed by atoms with Gasteiger partial charge in [0.2, 0.25) is 0 Å². The Labute approximate surface area is 153 Å². The molecule has 0 bridgehead atoms. The molecule has 1 atom stereocenters. The number of hydrogen-bond donors (Lipinski definition) is 2. The number of nitrogens with two attached hydrogens (primary N) is 1. The molecule has 0 unspecified atom stereocenters. The molecular weight excluding hydrogens is 368 g/mol. The lowest BCUT2D eigenvalue weighted by Crippen LogP contribution is -2.18. The van der Waals surface area contributed by atoms with E-state index in [2.05, 4.69) is 21.3 Å². The number of nitrogens with zero attached hydrogens (tertiary/aromatic N) is 3. The summed E-state index contributed by atoms with van der Waals surface area (Å²) in [5.74, 6) is -1.10. The Morgan fingerprint density at radius 3 is 2.63 bits per heavy atom. The van der Waals surface area contributed by atoms with E-state index in [0.29, 0.717) is 5.70 Å². The van der Waals surface area contributed by atoms with Crippen molar-refractivity contribution < 1.29 is 27.4 Å². The molecule has 27 heavy (non-hydrogen) atoms. The highest BCUT2D eigenvalue weighted by Crippen LogP contribution is 2.33. The Kier molecular flexibility index (Phi) is 6.09. The standard InChI is InChI=1S/C17H20F4N4O2/c1-9(2)14(26)16-24-12(8-25(16)10(3)4-5-18)11-6-13(15(22)23-7-11)27-17(19,20)21/h6-9,14,26H,3-5H2,1-2H3,(H2,22,23)/t14-/m1/s1. The van der Waals surface area contributed by atoms with E-state index in [-0.39, 0.29) is 29.4 Å². The molecule has 0 aliphatic carbocycles. The summed E-state index contributed by atoms with van der Waals surface area (Å²) in [5.41, 5.74) is 6.18. The summed E-state index contributed by atoms with van der Waals surface area (Å²) in [6.07, 6.45) is -3.22. The first-order chi connectivity index (χ1) is 12.5. The minimum Gasteiger partial charge on any atom is -0.402 e. The Balaban J connectivity index is 2.51. The van der Waals surface area contributed by atoms with Gasteiger partial charge in [-0.05, 0) is 12.0 Å². The lowest BCUT2D eigenvalue weighted by atomic mass is 10.1. The highest BCUT2D eigenvalue weighted by Gasteiger charge is 2.32.